The van der Waals surface area contributed by atoms with E-state index in [2.05, 4.69) is 0 Å². The fraction of sp³-hybridized carbons (Fsp3) is 0.316. The van der Waals surface area contributed by atoms with Gasteiger partial charge in [-0.05, 0) is 51.5 Å². The van der Waals surface area contributed by atoms with Gasteiger partial charge < -0.3 is 14.3 Å². The highest BCUT2D eigenvalue weighted by molar-refractivity contribution is 5.77. The van der Waals surface area contributed by atoms with Crippen LogP contribution in [0.4, 0.5) is 0 Å². The highest BCUT2D eigenvalue weighted by atomic mass is 16.5. The quantitative estimate of drug-likeness (QED) is 0.650. The molecule has 0 spiro atoms. The first kappa shape index (κ1) is 17.0. The van der Waals surface area contributed by atoms with Crippen molar-refractivity contribution < 1.29 is 14.3 Å². The van der Waals surface area contributed by atoms with E-state index >= 15 is 0 Å². The van der Waals surface area contributed by atoms with Gasteiger partial charge in [0.15, 0.2) is 0 Å². The van der Waals surface area contributed by atoms with Gasteiger partial charge in [-0.1, -0.05) is 17.2 Å². The molecule has 0 aliphatic heterocycles. The number of fused-ring (bicyclic) bond motifs is 1. The average molecular weight is 314 g/mol. The van der Waals surface area contributed by atoms with Crippen LogP contribution in [0.15, 0.2) is 62.8 Å². The molecule has 0 fully saturated rings. The van der Waals surface area contributed by atoms with Crippen molar-refractivity contribution in [2.45, 2.75) is 33.3 Å². The number of rotatable bonds is 6. The van der Waals surface area contributed by atoms with Crippen molar-refractivity contribution in [3.63, 3.8) is 0 Å². The van der Waals surface area contributed by atoms with Crippen molar-refractivity contribution in [1.29, 1.82) is 0 Å². The van der Waals surface area contributed by atoms with E-state index in [-0.39, 0.29) is 5.63 Å². The third kappa shape index (κ3) is 5.42. The van der Waals surface area contributed by atoms with Crippen LogP contribution in [-0.2, 0) is 0 Å². The molecule has 1 aromatic carbocycles. The normalized spacial score (nSPS) is 13.0. The first-order valence-corrected chi connectivity index (χ1v) is 7.59. The highest BCUT2D eigenvalue weighted by Gasteiger charge is 2.02. The maximum absolute atomic E-state index is 11.2. The molecule has 0 saturated heterocycles. The summed E-state index contributed by atoms with van der Waals surface area (Å²) in [6.45, 7) is 6.29. The molecule has 4 nitrogen and oxygen atoms in total. The van der Waals surface area contributed by atoms with Crippen molar-refractivity contribution in [3.8, 4) is 5.75 Å². The molecule has 0 amide bonds. The second kappa shape index (κ2) is 7.79. The van der Waals surface area contributed by atoms with Crippen LogP contribution in [-0.4, -0.2) is 17.8 Å². The number of ether oxygens (including phenoxy) is 1. The van der Waals surface area contributed by atoms with Crippen LogP contribution in [0.1, 0.15) is 27.2 Å². The molecule has 0 radical (unpaired) electrons. The van der Waals surface area contributed by atoms with E-state index in [4.69, 9.17) is 9.15 Å². The summed E-state index contributed by atoms with van der Waals surface area (Å²) < 4.78 is 10.8. The molecular formula is C19H22O4. The van der Waals surface area contributed by atoms with Crippen molar-refractivity contribution in [2.24, 2.45) is 0 Å². The smallest absolute Gasteiger partial charge is 0.336 e. The predicted octanol–water partition coefficient (Wildman–Crippen LogP) is 3.84. The number of benzene rings is 1. The van der Waals surface area contributed by atoms with Crippen LogP contribution >= 0.6 is 0 Å². The molecule has 2 rings (SSSR count). The topological polar surface area (TPSA) is 59.7 Å². The predicted molar refractivity (Wildman–Crippen MR) is 91.8 cm³/mol. The van der Waals surface area contributed by atoms with Gasteiger partial charge in [-0.2, -0.15) is 0 Å². The molecule has 2 aromatic rings. The second-order valence-corrected chi connectivity index (χ2v) is 5.83. The monoisotopic (exact) mass is 314 g/mol. The van der Waals surface area contributed by atoms with Crippen LogP contribution in [0.2, 0.25) is 0 Å². The fourth-order valence-corrected chi connectivity index (χ4v) is 2.27. The maximum Gasteiger partial charge on any atom is 0.336 e. The second-order valence-electron chi connectivity index (χ2n) is 5.83. The van der Waals surface area contributed by atoms with Crippen LogP contribution < -0.4 is 10.4 Å². The molecule has 1 N–H and O–H groups in total. The summed E-state index contributed by atoms with van der Waals surface area (Å²) in [7, 11) is 0. The molecule has 23 heavy (non-hydrogen) atoms. The Morgan fingerprint density at radius 3 is 2.74 bits per heavy atom. The van der Waals surface area contributed by atoms with Crippen molar-refractivity contribution in [2.75, 3.05) is 6.61 Å². The molecule has 1 aromatic heterocycles. The summed E-state index contributed by atoms with van der Waals surface area (Å²) in [4.78, 5) is 11.2. The minimum atomic E-state index is -0.466. The SMILES string of the molecule is CC(C)=C[C@H](O)CC(C)=CCOc1ccc2ccc(=O)oc2c1. The lowest BCUT2D eigenvalue weighted by Gasteiger charge is -2.08. The van der Waals surface area contributed by atoms with Crippen molar-refractivity contribution in [3.05, 3.63) is 64.1 Å². The molecule has 0 aliphatic rings. The van der Waals surface area contributed by atoms with E-state index in [1.807, 2.05) is 45.1 Å². The lowest BCUT2D eigenvalue weighted by Crippen LogP contribution is -2.04. The highest BCUT2D eigenvalue weighted by Crippen LogP contribution is 2.19. The first-order valence-electron chi connectivity index (χ1n) is 7.59. The fourth-order valence-electron chi connectivity index (χ4n) is 2.27. The third-order valence-electron chi connectivity index (χ3n) is 3.33. The standard InChI is InChI=1S/C19H22O4/c1-13(2)10-16(20)11-14(3)8-9-22-17-6-4-15-5-7-19(21)23-18(15)12-17/h4-8,10,12,16,20H,9,11H2,1-3H3/t16-/m0/s1. The molecule has 0 aliphatic carbocycles. The number of aliphatic hydroxyl groups is 1. The van der Waals surface area contributed by atoms with Crippen molar-refractivity contribution in [1.82, 2.24) is 0 Å². The van der Waals surface area contributed by atoms with E-state index in [1.54, 1.807) is 12.1 Å². The molecule has 122 valence electrons. The Hall–Kier alpha value is -2.33. The van der Waals surface area contributed by atoms with Gasteiger partial charge in [-0.3, -0.25) is 0 Å². The Morgan fingerprint density at radius 2 is 2.00 bits per heavy atom. The largest absolute Gasteiger partial charge is 0.489 e. The zero-order valence-electron chi connectivity index (χ0n) is 13.7. The summed E-state index contributed by atoms with van der Waals surface area (Å²) in [5.41, 5.74) is 2.29. The first-order chi connectivity index (χ1) is 10.9. The lowest BCUT2D eigenvalue weighted by atomic mass is 10.1. The van der Waals surface area contributed by atoms with Gasteiger partial charge in [0, 0.05) is 17.5 Å². The Kier molecular flexibility index (Phi) is 5.77. The average Bonchev–Trinajstić information content (AvgIpc) is 2.45. The van der Waals surface area contributed by atoms with Gasteiger partial charge in [-0.15, -0.1) is 0 Å². The van der Waals surface area contributed by atoms with Gasteiger partial charge in [0.2, 0.25) is 0 Å². The maximum atomic E-state index is 11.2. The zero-order chi connectivity index (χ0) is 16.8. The molecule has 1 atom stereocenters. The molecule has 4 heteroatoms. The zero-order valence-corrected chi connectivity index (χ0v) is 13.7. The van der Waals surface area contributed by atoms with Crippen LogP contribution in [0.25, 0.3) is 11.0 Å². The van der Waals surface area contributed by atoms with E-state index < -0.39 is 6.10 Å². The van der Waals surface area contributed by atoms with Gasteiger partial charge in [0.1, 0.15) is 17.9 Å². The summed E-state index contributed by atoms with van der Waals surface area (Å²) in [5.74, 6) is 0.640. The van der Waals surface area contributed by atoms with E-state index in [1.165, 1.54) is 6.07 Å². The van der Waals surface area contributed by atoms with Gasteiger partial charge in [0.05, 0.1) is 6.10 Å². The van der Waals surface area contributed by atoms with Gasteiger partial charge >= 0.3 is 5.63 Å². The minimum absolute atomic E-state index is 0.376. The Balaban J connectivity index is 1.96. The summed E-state index contributed by atoms with van der Waals surface area (Å²) in [6.07, 6.45) is 3.89. The molecule has 0 saturated carbocycles. The minimum Gasteiger partial charge on any atom is -0.489 e. The Labute approximate surface area is 135 Å². The van der Waals surface area contributed by atoms with Gasteiger partial charge in [0.25, 0.3) is 0 Å². The van der Waals surface area contributed by atoms with E-state index in [9.17, 15) is 9.90 Å². The summed E-state index contributed by atoms with van der Waals surface area (Å²) in [5, 5.41) is 10.7. The Bertz CT molecular complexity index is 779. The molecule has 0 bridgehead atoms. The van der Waals surface area contributed by atoms with Crippen LogP contribution in [0.3, 0.4) is 0 Å². The van der Waals surface area contributed by atoms with Crippen molar-refractivity contribution >= 4 is 11.0 Å². The lowest BCUT2D eigenvalue weighted by molar-refractivity contribution is 0.222. The Morgan fingerprint density at radius 1 is 1.26 bits per heavy atom. The number of aliphatic hydroxyl groups excluding tert-OH is 1. The number of hydrogen-bond acceptors (Lipinski definition) is 4. The summed E-state index contributed by atoms with van der Waals surface area (Å²) in [6, 6.07) is 8.51. The number of allylic oxidation sites excluding steroid dienone is 1. The molecule has 1 heterocycles. The third-order valence-corrected chi connectivity index (χ3v) is 3.33. The van der Waals surface area contributed by atoms with E-state index in [0.717, 1.165) is 16.5 Å². The number of hydrogen-bond donors (Lipinski definition) is 1. The molecule has 0 unspecified atom stereocenters. The van der Waals surface area contributed by atoms with Crippen LogP contribution in [0.5, 0.6) is 5.75 Å². The van der Waals surface area contributed by atoms with Gasteiger partial charge in [-0.25, -0.2) is 4.79 Å². The van der Waals surface area contributed by atoms with E-state index in [0.29, 0.717) is 24.4 Å². The summed E-state index contributed by atoms with van der Waals surface area (Å²) >= 11 is 0. The van der Waals surface area contributed by atoms with Crippen LogP contribution in [0, 0.1) is 0 Å². The molecular weight excluding hydrogens is 292 g/mol.